The number of aryl methyl sites for hydroxylation is 1. The van der Waals surface area contributed by atoms with Gasteiger partial charge in [-0.25, -0.2) is 9.78 Å². The smallest absolute Gasteiger partial charge is 0.394 e. The van der Waals surface area contributed by atoms with E-state index in [4.69, 9.17) is 5.11 Å². The van der Waals surface area contributed by atoms with Crippen molar-refractivity contribution in [1.29, 1.82) is 0 Å². The van der Waals surface area contributed by atoms with E-state index in [0.717, 1.165) is 9.91 Å². The van der Waals surface area contributed by atoms with E-state index in [9.17, 15) is 22.8 Å². The molecule has 0 saturated carbocycles. The highest BCUT2D eigenvalue weighted by molar-refractivity contribution is 7.09. The molecule has 2 N–H and O–H groups in total. The molecule has 0 spiro atoms. The number of urea groups is 1. The van der Waals surface area contributed by atoms with Crippen LogP contribution < -0.4 is 5.32 Å². The minimum atomic E-state index is -4.64. The van der Waals surface area contributed by atoms with Gasteiger partial charge in [0.2, 0.25) is 0 Å². The number of nitrogens with one attached hydrogen (secondary N) is 1. The number of rotatable bonds is 5. The molecule has 2 rings (SSSR count). The molecule has 1 saturated heterocycles. The molecule has 23 heavy (non-hydrogen) atoms. The van der Waals surface area contributed by atoms with Gasteiger partial charge in [-0.05, 0) is 6.42 Å². The van der Waals surface area contributed by atoms with Gasteiger partial charge in [-0.15, -0.1) is 11.3 Å². The number of hydrogen-bond donors (Lipinski definition) is 2. The van der Waals surface area contributed by atoms with Crippen molar-refractivity contribution in [2.45, 2.75) is 19.0 Å². The number of aromatic nitrogens is 1. The van der Waals surface area contributed by atoms with Crippen LogP contribution in [0.25, 0.3) is 0 Å². The maximum absolute atomic E-state index is 12.8. The summed E-state index contributed by atoms with van der Waals surface area (Å²) < 4.78 is 38.5. The van der Waals surface area contributed by atoms with E-state index in [0.29, 0.717) is 19.4 Å². The van der Waals surface area contributed by atoms with Gasteiger partial charge in [-0.1, -0.05) is 0 Å². The maximum atomic E-state index is 12.8. The first kappa shape index (κ1) is 17.5. The topological polar surface area (TPSA) is 82.5 Å². The number of aliphatic carboxylic acids is 1. The number of likely N-dealkylation sites (tertiary alicyclic amines) is 1. The van der Waals surface area contributed by atoms with Crippen LogP contribution in [0.1, 0.15) is 11.4 Å². The minimum absolute atomic E-state index is 0.295. The van der Waals surface area contributed by atoms with E-state index in [2.05, 4.69) is 10.3 Å². The molecule has 1 aliphatic rings. The summed E-state index contributed by atoms with van der Waals surface area (Å²) in [6, 6.07) is -0.665. The second-order valence-corrected chi connectivity index (χ2v) is 6.24. The van der Waals surface area contributed by atoms with Crippen molar-refractivity contribution in [3.8, 4) is 0 Å². The Balaban J connectivity index is 1.81. The van der Waals surface area contributed by atoms with Crippen molar-refractivity contribution < 1.29 is 27.9 Å². The number of halogens is 3. The molecule has 10 heteroatoms. The van der Waals surface area contributed by atoms with Crippen molar-refractivity contribution in [1.82, 2.24) is 15.2 Å². The zero-order chi connectivity index (χ0) is 17.0. The minimum Gasteiger partial charge on any atom is -0.481 e. The third-order valence-corrected chi connectivity index (χ3v) is 4.51. The number of amides is 2. The van der Waals surface area contributed by atoms with Crippen molar-refractivity contribution in [2.24, 2.45) is 11.8 Å². The SMILES string of the molecule is O=C(O)[C@@H]1CN(C(=O)NCCCc2nccs2)C[C@H]1C(F)(F)F. The number of carbonyl (C=O) groups excluding carboxylic acids is 1. The summed E-state index contributed by atoms with van der Waals surface area (Å²) >= 11 is 1.49. The largest absolute Gasteiger partial charge is 0.481 e. The second-order valence-electron chi connectivity index (χ2n) is 5.26. The number of alkyl halides is 3. The van der Waals surface area contributed by atoms with E-state index < -0.39 is 43.1 Å². The molecule has 2 amide bonds. The lowest BCUT2D eigenvalue weighted by Crippen LogP contribution is -2.40. The first-order chi connectivity index (χ1) is 10.8. The summed E-state index contributed by atoms with van der Waals surface area (Å²) in [5.74, 6) is -5.18. The molecule has 0 radical (unpaired) electrons. The number of carbonyl (C=O) groups is 2. The molecule has 0 aliphatic carbocycles. The summed E-state index contributed by atoms with van der Waals surface area (Å²) in [5.41, 5.74) is 0. The van der Waals surface area contributed by atoms with Crippen LogP contribution in [-0.2, 0) is 11.2 Å². The third-order valence-electron chi connectivity index (χ3n) is 3.67. The lowest BCUT2D eigenvalue weighted by Gasteiger charge is -2.18. The maximum Gasteiger partial charge on any atom is 0.394 e. The molecule has 1 aliphatic heterocycles. The summed E-state index contributed by atoms with van der Waals surface area (Å²) in [6.45, 7) is -0.764. The summed E-state index contributed by atoms with van der Waals surface area (Å²) in [6.07, 6.45) is -1.69. The summed E-state index contributed by atoms with van der Waals surface area (Å²) in [4.78, 5) is 27.8. The number of carboxylic acid groups (broad SMARTS) is 1. The van der Waals surface area contributed by atoms with E-state index in [1.54, 1.807) is 6.20 Å². The van der Waals surface area contributed by atoms with Crippen LogP contribution in [0.4, 0.5) is 18.0 Å². The normalized spacial score (nSPS) is 21.4. The zero-order valence-electron chi connectivity index (χ0n) is 12.0. The molecule has 6 nitrogen and oxygen atoms in total. The van der Waals surface area contributed by atoms with Crippen LogP contribution in [0.15, 0.2) is 11.6 Å². The first-order valence-corrected chi connectivity index (χ1v) is 7.87. The second kappa shape index (κ2) is 7.16. The molecule has 1 fully saturated rings. The van der Waals surface area contributed by atoms with Gasteiger partial charge in [0.05, 0.1) is 16.8 Å². The molecule has 0 unspecified atom stereocenters. The van der Waals surface area contributed by atoms with Crippen LogP contribution in [0.3, 0.4) is 0 Å². The van der Waals surface area contributed by atoms with Crippen molar-refractivity contribution in [3.63, 3.8) is 0 Å². The van der Waals surface area contributed by atoms with Crippen LogP contribution >= 0.6 is 11.3 Å². The molecule has 2 heterocycles. The van der Waals surface area contributed by atoms with Crippen molar-refractivity contribution in [2.75, 3.05) is 19.6 Å². The van der Waals surface area contributed by atoms with E-state index in [1.807, 2.05) is 5.38 Å². The van der Waals surface area contributed by atoms with Crippen LogP contribution in [-0.4, -0.2) is 52.8 Å². The molecule has 1 aromatic heterocycles. The Bertz CT molecular complexity index is 550. The van der Waals surface area contributed by atoms with E-state index in [-0.39, 0.29) is 0 Å². The Morgan fingerprint density at radius 2 is 2.17 bits per heavy atom. The predicted molar refractivity (Wildman–Crippen MR) is 76.1 cm³/mol. The van der Waals surface area contributed by atoms with Gasteiger partial charge < -0.3 is 15.3 Å². The number of hydrogen-bond acceptors (Lipinski definition) is 4. The van der Waals surface area contributed by atoms with Crippen molar-refractivity contribution in [3.05, 3.63) is 16.6 Å². The summed E-state index contributed by atoms with van der Waals surface area (Å²) in [5, 5.41) is 14.2. The van der Waals surface area contributed by atoms with Gasteiger partial charge >= 0.3 is 18.2 Å². The fraction of sp³-hybridized carbons (Fsp3) is 0.615. The fourth-order valence-electron chi connectivity index (χ4n) is 2.47. The van der Waals surface area contributed by atoms with Gasteiger partial charge in [0.25, 0.3) is 0 Å². The molecule has 0 aromatic carbocycles. The Morgan fingerprint density at radius 1 is 1.43 bits per heavy atom. The molecule has 128 valence electrons. The lowest BCUT2D eigenvalue weighted by atomic mass is 9.96. The van der Waals surface area contributed by atoms with Gasteiger partial charge in [0.1, 0.15) is 0 Å². The quantitative estimate of drug-likeness (QED) is 0.795. The highest BCUT2D eigenvalue weighted by Gasteiger charge is 2.53. The first-order valence-electron chi connectivity index (χ1n) is 6.99. The highest BCUT2D eigenvalue weighted by Crippen LogP contribution is 2.37. The van der Waals surface area contributed by atoms with E-state index >= 15 is 0 Å². The monoisotopic (exact) mass is 351 g/mol. The van der Waals surface area contributed by atoms with Crippen molar-refractivity contribution >= 4 is 23.3 Å². The van der Waals surface area contributed by atoms with Crippen LogP contribution in [0.5, 0.6) is 0 Å². The molecular formula is C13H16F3N3O3S. The van der Waals surface area contributed by atoms with Crippen LogP contribution in [0, 0.1) is 11.8 Å². The van der Waals surface area contributed by atoms with E-state index in [1.165, 1.54) is 11.3 Å². The molecule has 0 bridgehead atoms. The Labute approximate surface area is 134 Å². The average molecular weight is 351 g/mol. The molecule has 1 aromatic rings. The third kappa shape index (κ3) is 4.57. The fourth-order valence-corrected chi connectivity index (χ4v) is 3.14. The average Bonchev–Trinajstić information content (AvgIpc) is 3.11. The van der Waals surface area contributed by atoms with Gasteiger partial charge in [0.15, 0.2) is 0 Å². The van der Waals surface area contributed by atoms with Crippen LogP contribution in [0.2, 0.25) is 0 Å². The zero-order valence-corrected chi connectivity index (χ0v) is 12.9. The lowest BCUT2D eigenvalue weighted by molar-refractivity contribution is -0.187. The Morgan fingerprint density at radius 3 is 2.70 bits per heavy atom. The highest BCUT2D eigenvalue weighted by atomic mass is 32.1. The van der Waals surface area contributed by atoms with Gasteiger partial charge in [-0.3, -0.25) is 4.79 Å². The number of nitrogens with zero attached hydrogens (tertiary/aromatic N) is 2. The number of carboxylic acids is 1. The summed E-state index contributed by atoms with van der Waals surface area (Å²) in [7, 11) is 0. The molecular weight excluding hydrogens is 335 g/mol. The molecule has 2 atom stereocenters. The standard InChI is InChI=1S/C13H16F3N3O3S/c14-13(15,16)9-7-19(6-8(9)11(20)21)12(22)18-3-1-2-10-17-4-5-23-10/h4-5,8-9H,1-3,6-7H2,(H,18,22)(H,20,21)/t8-,9-/m1/s1. The Kier molecular flexibility index (Phi) is 5.45. The predicted octanol–water partition coefficient (Wildman–Crippen LogP) is 1.98. The van der Waals surface area contributed by atoms with Gasteiger partial charge in [0, 0.05) is 37.6 Å². The number of thiazole rings is 1. The van der Waals surface area contributed by atoms with Gasteiger partial charge in [-0.2, -0.15) is 13.2 Å². The Hall–Kier alpha value is -1.84.